The number of amides is 2. The molecule has 2 unspecified atom stereocenters. The molecule has 92 valence electrons. The van der Waals surface area contributed by atoms with E-state index in [1.54, 1.807) is 13.8 Å². The van der Waals surface area contributed by atoms with Crippen molar-refractivity contribution in [3.63, 3.8) is 0 Å². The van der Waals surface area contributed by atoms with Gasteiger partial charge in [0.05, 0.1) is 5.92 Å². The fraction of sp³-hybridized carbons (Fsp3) is 0.818. The first-order valence-electron chi connectivity index (χ1n) is 5.68. The molecule has 1 aliphatic rings. The maximum Gasteiger partial charge on any atom is 0.242 e. The number of rotatable bonds is 3. The topological polar surface area (TPSA) is 84.2 Å². The largest absolute Gasteiger partial charge is 0.368 e. The van der Waals surface area contributed by atoms with E-state index in [1.807, 2.05) is 0 Å². The van der Waals surface area contributed by atoms with E-state index >= 15 is 0 Å². The third-order valence-corrected chi connectivity index (χ3v) is 3.08. The summed E-state index contributed by atoms with van der Waals surface area (Å²) in [4.78, 5) is 22.9. The van der Waals surface area contributed by atoms with Gasteiger partial charge in [-0.25, -0.2) is 0 Å². The van der Waals surface area contributed by atoms with E-state index in [1.165, 1.54) is 0 Å². The predicted molar refractivity (Wildman–Crippen MR) is 61.6 cm³/mol. The zero-order chi connectivity index (χ0) is 12.3. The smallest absolute Gasteiger partial charge is 0.242 e. The van der Waals surface area contributed by atoms with Crippen LogP contribution in [0.15, 0.2) is 0 Å². The second kappa shape index (κ2) is 4.82. The summed E-state index contributed by atoms with van der Waals surface area (Å²) < 4.78 is 0. The average Bonchev–Trinajstić information content (AvgIpc) is 2.17. The van der Waals surface area contributed by atoms with Gasteiger partial charge in [-0.05, 0) is 33.6 Å². The first-order chi connectivity index (χ1) is 7.33. The van der Waals surface area contributed by atoms with Gasteiger partial charge in [-0.3, -0.25) is 9.59 Å². The molecule has 0 aromatic carbocycles. The van der Waals surface area contributed by atoms with Gasteiger partial charge in [0.2, 0.25) is 11.8 Å². The highest BCUT2D eigenvalue weighted by atomic mass is 16.2. The van der Waals surface area contributed by atoms with Crippen LogP contribution in [0, 0.1) is 5.92 Å². The van der Waals surface area contributed by atoms with Crippen molar-refractivity contribution in [2.75, 3.05) is 6.54 Å². The molecule has 0 aromatic heterocycles. The maximum absolute atomic E-state index is 11.9. The van der Waals surface area contributed by atoms with Gasteiger partial charge in [0.15, 0.2) is 0 Å². The summed E-state index contributed by atoms with van der Waals surface area (Å²) in [5.74, 6) is -0.670. The van der Waals surface area contributed by atoms with Crippen LogP contribution in [0.4, 0.5) is 0 Å². The Labute approximate surface area is 96.1 Å². The van der Waals surface area contributed by atoms with E-state index in [2.05, 4.69) is 17.6 Å². The molecule has 1 heterocycles. The van der Waals surface area contributed by atoms with Crippen molar-refractivity contribution in [2.45, 2.75) is 45.2 Å². The molecule has 0 saturated carbocycles. The zero-order valence-electron chi connectivity index (χ0n) is 10.2. The average molecular weight is 227 g/mol. The normalized spacial score (nSPS) is 26.2. The van der Waals surface area contributed by atoms with E-state index in [0.717, 1.165) is 12.8 Å². The van der Waals surface area contributed by atoms with Crippen LogP contribution in [0.2, 0.25) is 0 Å². The molecule has 5 heteroatoms. The minimum Gasteiger partial charge on any atom is -0.368 e. The van der Waals surface area contributed by atoms with E-state index in [-0.39, 0.29) is 11.8 Å². The third kappa shape index (κ3) is 3.20. The van der Waals surface area contributed by atoms with Crippen molar-refractivity contribution >= 4 is 11.8 Å². The Hall–Kier alpha value is -1.10. The molecular formula is C11H21N3O2. The lowest BCUT2D eigenvalue weighted by atomic mass is 9.93. The molecule has 1 fully saturated rings. The van der Waals surface area contributed by atoms with E-state index in [4.69, 9.17) is 5.73 Å². The molecule has 1 rings (SSSR count). The molecule has 0 spiro atoms. The maximum atomic E-state index is 11.9. The molecule has 4 N–H and O–H groups in total. The number of primary amides is 1. The Bertz CT molecular complexity index is 281. The molecule has 16 heavy (non-hydrogen) atoms. The molecule has 2 amide bonds. The molecule has 0 aliphatic carbocycles. The summed E-state index contributed by atoms with van der Waals surface area (Å²) in [6.07, 6.45) is 1.84. The fourth-order valence-corrected chi connectivity index (χ4v) is 1.69. The second-order valence-electron chi connectivity index (χ2n) is 5.06. The number of hydrogen-bond donors (Lipinski definition) is 3. The van der Waals surface area contributed by atoms with Crippen molar-refractivity contribution < 1.29 is 9.59 Å². The van der Waals surface area contributed by atoms with E-state index in [9.17, 15) is 9.59 Å². The third-order valence-electron chi connectivity index (χ3n) is 3.08. The molecular weight excluding hydrogens is 206 g/mol. The highest BCUT2D eigenvalue weighted by molar-refractivity contribution is 5.90. The monoisotopic (exact) mass is 227 g/mol. The Morgan fingerprint density at radius 3 is 2.44 bits per heavy atom. The lowest BCUT2D eigenvalue weighted by molar-refractivity contribution is -0.133. The lowest BCUT2D eigenvalue weighted by Crippen LogP contribution is -2.56. The van der Waals surface area contributed by atoms with Crippen LogP contribution >= 0.6 is 0 Å². The fourth-order valence-electron chi connectivity index (χ4n) is 1.69. The highest BCUT2D eigenvalue weighted by Gasteiger charge is 2.31. The van der Waals surface area contributed by atoms with E-state index in [0.29, 0.717) is 12.6 Å². The minimum atomic E-state index is -0.972. The van der Waals surface area contributed by atoms with Crippen molar-refractivity contribution in [3.05, 3.63) is 0 Å². The summed E-state index contributed by atoms with van der Waals surface area (Å²) >= 11 is 0. The van der Waals surface area contributed by atoms with Crippen LogP contribution in [-0.4, -0.2) is 29.9 Å². The van der Waals surface area contributed by atoms with Crippen LogP contribution in [0.5, 0.6) is 0 Å². The Kier molecular flexibility index (Phi) is 3.91. The quantitative estimate of drug-likeness (QED) is 0.622. The van der Waals surface area contributed by atoms with Crippen molar-refractivity contribution in [1.29, 1.82) is 0 Å². The molecule has 0 bridgehead atoms. The van der Waals surface area contributed by atoms with Crippen LogP contribution in [0.1, 0.15) is 33.6 Å². The molecule has 2 atom stereocenters. The van der Waals surface area contributed by atoms with Gasteiger partial charge in [0.1, 0.15) is 5.54 Å². The van der Waals surface area contributed by atoms with Gasteiger partial charge in [0.25, 0.3) is 0 Å². The van der Waals surface area contributed by atoms with Crippen LogP contribution in [-0.2, 0) is 9.59 Å². The Balaban J connectivity index is 2.50. The van der Waals surface area contributed by atoms with Gasteiger partial charge < -0.3 is 16.4 Å². The predicted octanol–water partition coefficient (Wildman–Crippen LogP) is -0.245. The summed E-state index contributed by atoms with van der Waals surface area (Å²) in [5, 5.41) is 5.94. The van der Waals surface area contributed by atoms with Crippen molar-refractivity contribution in [2.24, 2.45) is 11.7 Å². The molecule has 1 aliphatic heterocycles. The molecule has 5 nitrogen and oxygen atoms in total. The van der Waals surface area contributed by atoms with Gasteiger partial charge in [-0.15, -0.1) is 0 Å². The molecule has 0 aromatic rings. The number of nitrogens with two attached hydrogens (primary N) is 1. The number of carbonyl (C=O) groups excluding carboxylic acids is 2. The number of nitrogens with one attached hydrogen (secondary N) is 2. The SMILES string of the molecule is CC1CCC(C(=O)NC(C)(C)C(N)=O)CN1. The number of hydrogen-bond acceptors (Lipinski definition) is 3. The zero-order valence-corrected chi connectivity index (χ0v) is 10.2. The first-order valence-corrected chi connectivity index (χ1v) is 5.68. The lowest BCUT2D eigenvalue weighted by Gasteiger charge is -2.30. The summed E-state index contributed by atoms with van der Waals surface area (Å²) in [6, 6.07) is 0.466. The van der Waals surface area contributed by atoms with Crippen LogP contribution < -0.4 is 16.4 Å². The first kappa shape index (κ1) is 13.0. The van der Waals surface area contributed by atoms with Gasteiger partial charge in [0, 0.05) is 12.6 Å². The minimum absolute atomic E-state index is 0.0603. The summed E-state index contributed by atoms with van der Waals surface area (Å²) in [7, 11) is 0. The molecule has 1 saturated heterocycles. The van der Waals surface area contributed by atoms with Crippen LogP contribution in [0.3, 0.4) is 0 Å². The van der Waals surface area contributed by atoms with Gasteiger partial charge in [-0.1, -0.05) is 0 Å². The summed E-state index contributed by atoms with van der Waals surface area (Å²) in [5.41, 5.74) is 4.23. The number of carbonyl (C=O) groups is 2. The molecule has 0 radical (unpaired) electrons. The van der Waals surface area contributed by atoms with Crippen LogP contribution in [0.25, 0.3) is 0 Å². The second-order valence-corrected chi connectivity index (χ2v) is 5.06. The van der Waals surface area contributed by atoms with E-state index < -0.39 is 11.4 Å². The Morgan fingerprint density at radius 2 is 2.00 bits per heavy atom. The summed E-state index contributed by atoms with van der Waals surface area (Å²) in [6.45, 7) is 6.00. The Morgan fingerprint density at radius 1 is 1.38 bits per heavy atom. The number of piperidine rings is 1. The van der Waals surface area contributed by atoms with Gasteiger partial charge in [-0.2, -0.15) is 0 Å². The van der Waals surface area contributed by atoms with Crippen molar-refractivity contribution in [3.8, 4) is 0 Å². The highest BCUT2D eigenvalue weighted by Crippen LogP contribution is 2.15. The van der Waals surface area contributed by atoms with Gasteiger partial charge >= 0.3 is 0 Å². The van der Waals surface area contributed by atoms with Crippen molar-refractivity contribution in [1.82, 2.24) is 10.6 Å². The standard InChI is InChI=1S/C11H21N3O2/c1-7-4-5-8(6-13-7)9(15)14-11(2,3)10(12)16/h7-8,13H,4-6H2,1-3H3,(H2,12,16)(H,14,15).